The summed E-state index contributed by atoms with van der Waals surface area (Å²) in [5.74, 6) is 0.982. The molecular weight excluding hydrogens is 303 g/mol. The van der Waals surface area contributed by atoms with Crippen LogP contribution in [0.3, 0.4) is 0 Å². The molecule has 1 heterocycles. The van der Waals surface area contributed by atoms with Crippen molar-refractivity contribution in [2.24, 2.45) is 0 Å². The first-order valence-electron chi connectivity index (χ1n) is 6.81. The van der Waals surface area contributed by atoms with E-state index in [0.717, 1.165) is 11.3 Å². The molecule has 0 spiro atoms. The zero-order chi connectivity index (χ0) is 15.9. The van der Waals surface area contributed by atoms with Crippen LogP contribution in [0.5, 0.6) is 0 Å². The van der Waals surface area contributed by atoms with Gasteiger partial charge in [0.05, 0.1) is 6.61 Å². The second kappa shape index (κ2) is 7.91. The first kappa shape index (κ1) is 16.5. The van der Waals surface area contributed by atoms with E-state index in [4.69, 9.17) is 5.11 Å². The number of thioether (sulfide) groups is 1. The lowest BCUT2D eigenvalue weighted by atomic mass is 10.1. The number of aryl methyl sites for hydroxylation is 1. The molecule has 1 amide bonds. The lowest BCUT2D eigenvalue weighted by Gasteiger charge is -2.08. The van der Waals surface area contributed by atoms with Crippen LogP contribution >= 0.6 is 11.8 Å². The van der Waals surface area contributed by atoms with Crippen LogP contribution in [0.15, 0.2) is 36.5 Å². The van der Waals surface area contributed by atoms with Gasteiger partial charge in [0.25, 0.3) is 5.91 Å². The Morgan fingerprint density at radius 2 is 2.18 bits per heavy atom. The third kappa shape index (κ3) is 4.54. The normalized spacial score (nSPS) is 10.5. The van der Waals surface area contributed by atoms with Gasteiger partial charge in [0, 0.05) is 23.3 Å². The quantitative estimate of drug-likeness (QED) is 0.803. The molecule has 1 aromatic carbocycles. The fourth-order valence-electron chi connectivity index (χ4n) is 1.91. The van der Waals surface area contributed by atoms with E-state index in [-0.39, 0.29) is 12.5 Å². The molecule has 0 saturated carbocycles. The molecule has 0 unspecified atom stereocenters. The summed E-state index contributed by atoms with van der Waals surface area (Å²) in [7, 11) is 0. The Morgan fingerprint density at radius 3 is 2.95 bits per heavy atom. The zero-order valence-electron chi connectivity index (χ0n) is 12.2. The maximum atomic E-state index is 13.3. The summed E-state index contributed by atoms with van der Waals surface area (Å²) in [5.41, 5.74) is 2.00. The predicted octanol–water partition coefficient (Wildman–Crippen LogP) is 3.01. The molecule has 0 atom stereocenters. The SMILES string of the molecule is Cc1ccc(F)cc1C(=O)Nc1cc(CSCCO)ccn1. The third-order valence-corrected chi connectivity index (χ3v) is 4.02. The van der Waals surface area contributed by atoms with Gasteiger partial charge < -0.3 is 10.4 Å². The number of anilines is 1. The number of pyridine rings is 1. The molecule has 0 aliphatic rings. The fraction of sp³-hybridized carbons (Fsp3) is 0.250. The molecule has 2 aromatic rings. The highest BCUT2D eigenvalue weighted by molar-refractivity contribution is 7.98. The van der Waals surface area contributed by atoms with E-state index in [9.17, 15) is 9.18 Å². The zero-order valence-corrected chi connectivity index (χ0v) is 13.0. The number of nitrogens with zero attached hydrogens (tertiary/aromatic N) is 1. The van der Waals surface area contributed by atoms with Crippen LogP contribution in [0.2, 0.25) is 0 Å². The Kier molecular flexibility index (Phi) is 5.91. The summed E-state index contributed by atoms with van der Waals surface area (Å²) >= 11 is 1.59. The number of carbonyl (C=O) groups excluding carboxylic acids is 1. The van der Waals surface area contributed by atoms with Crippen LogP contribution in [0.4, 0.5) is 10.2 Å². The molecule has 0 radical (unpaired) electrons. The monoisotopic (exact) mass is 320 g/mol. The minimum absolute atomic E-state index is 0.137. The summed E-state index contributed by atoms with van der Waals surface area (Å²) in [4.78, 5) is 16.3. The van der Waals surface area contributed by atoms with Gasteiger partial charge in [-0.15, -0.1) is 0 Å². The number of aliphatic hydroxyl groups excluding tert-OH is 1. The standard InChI is InChI=1S/C16H17FN2O2S/c1-11-2-3-13(17)9-14(11)16(21)19-15-8-12(4-5-18-15)10-22-7-6-20/h2-5,8-9,20H,6-7,10H2,1H3,(H,18,19,21). The van der Waals surface area contributed by atoms with Crippen LogP contribution in [0.1, 0.15) is 21.5 Å². The van der Waals surface area contributed by atoms with Gasteiger partial charge >= 0.3 is 0 Å². The number of benzene rings is 1. The molecule has 0 aliphatic carbocycles. The Hall–Kier alpha value is -1.92. The van der Waals surface area contributed by atoms with Crippen molar-refractivity contribution in [3.8, 4) is 0 Å². The Labute approximate surface area is 132 Å². The number of nitrogens with one attached hydrogen (secondary N) is 1. The molecule has 4 nitrogen and oxygen atoms in total. The molecule has 0 saturated heterocycles. The van der Waals surface area contributed by atoms with Crippen molar-refractivity contribution in [2.75, 3.05) is 17.7 Å². The van der Waals surface area contributed by atoms with E-state index in [1.807, 2.05) is 6.07 Å². The third-order valence-electron chi connectivity index (χ3n) is 3.01. The number of aromatic nitrogens is 1. The second-order valence-electron chi connectivity index (χ2n) is 4.74. The largest absolute Gasteiger partial charge is 0.396 e. The predicted molar refractivity (Wildman–Crippen MR) is 86.6 cm³/mol. The second-order valence-corrected chi connectivity index (χ2v) is 5.84. The average molecular weight is 320 g/mol. The minimum Gasteiger partial charge on any atom is -0.396 e. The van der Waals surface area contributed by atoms with Gasteiger partial charge in [-0.25, -0.2) is 9.37 Å². The number of halogens is 1. The number of hydrogen-bond donors (Lipinski definition) is 2. The summed E-state index contributed by atoms with van der Waals surface area (Å²) in [6, 6.07) is 7.74. The van der Waals surface area contributed by atoms with E-state index in [0.29, 0.717) is 22.7 Å². The molecule has 22 heavy (non-hydrogen) atoms. The summed E-state index contributed by atoms with van der Waals surface area (Å²) < 4.78 is 13.3. The van der Waals surface area contributed by atoms with E-state index >= 15 is 0 Å². The highest BCUT2D eigenvalue weighted by Gasteiger charge is 2.11. The van der Waals surface area contributed by atoms with Crippen molar-refractivity contribution in [1.82, 2.24) is 4.98 Å². The van der Waals surface area contributed by atoms with Crippen molar-refractivity contribution < 1.29 is 14.3 Å². The first-order valence-corrected chi connectivity index (χ1v) is 7.96. The van der Waals surface area contributed by atoms with Crippen molar-refractivity contribution in [3.63, 3.8) is 0 Å². The van der Waals surface area contributed by atoms with Gasteiger partial charge in [-0.1, -0.05) is 6.07 Å². The van der Waals surface area contributed by atoms with Gasteiger partial charge in [-0.2, -0.15) is 11.8 Å². The highest BCUT2D eigenvalue weighted by atomic mass is 32.2. The van der Waals surface area contributed by atoms with Gasteiger partial charge in [0.1, 0.15) is 11.6 Å². The van der Waals surface area contributed by atoms with Crippen molar-refractivity contribution in [3.05, 3.63) is 59.0 Å². The summed E-state index contributed by atoms with van der Waals surface area (Å²) in [6.07, 6.45) is 1.61. The Morgan fingerprint density at radius 1 is 1.36 bits per heavy atom. The molecule has 0 aliphatic heterocycles. The fourth-order valence-corrected chi connectivity index (χ4v) is 2.60. The maximum Gasteiger partial charge on any atom is 0.257 e. The lowest BCUT2D eigenvalue weighted by Crippen LogP contribution is -2.14. The van der Waals surface area contributed by atoms with E-state index < -0.39 is 5.82 Å². The lowest BCUT2D eigenvalue weighted by molar-refractivity contribution is 0.102. The molecule has 0 bridgehead atoms. The van der Waals surface area contributed by atoms with Gasteiger partial charge in [0.2, 0.25) is 0 Å². The van der Waals surface area contributed by atoms with Crippen LogP contribution in [0, 0.1) is 12.7 Å². The van der Waals surface area contributed by atoms with Crippen molar-refractivity contribution >= 4 is 23.5 Å². The van der Waals surface area contributed by atoms with Crippen LogP contribution in [0.25, 0.3) is 0 Å². The topological polar surface area (TPSA) is 62.2 Å². The van der Waals surface area contributed by atoms with Crippen molar-refractivity contribution in [2.45, 2.75) is 12.7 Å². The van der Waals surface area contributed by atoms with Crippen LogP contribution < -0.4 is 5.32 Å². The molecule has 2 rings (SSSR count). The Balaban J connectivity index is 2.08. The molecule has 1 aromatic heterocycles. The summed E-state index contributed by atoms with van der Waals surface area (Å²) in [5, 5.41) is 11.5. The molecule has 6 heteroatoms. The maximum absolute atomic E-state index is 13.3. The molecule has 2 N–H and O–H groups in total. The molecule has 116 valence electrons. The van der Waals surface area contributed by atoms with Crippen molar-refractivity contribution in [1.29, 1.82) is 0 Å². The summed E-state index contributed by atoms with van der Waals surface area (Å²) in [6.45, 7) is 1.89. The van der Waals surface area contributed by atoms with Gasteiger partial charge in [0.15, 0.2) is 0 Å². The first-order chi connectivity index (χ1) is 10.6. The van der Waals surface area contributed by atoms with Gasteiger partial charge in [-0.3, -0.25) is 4.79 Å². The smallest absolute Gasteiger partial charge is 0.257 e. The number of hydrogen-bond acceptors (Lipinski definition) is 4. The number of rotatable bonds is 6. The van der Waals surface area contributed by atoms with Crippen LogP contribution in [-0.4, -0.2) is 28.4 Å². The number of amides is 1. The molecule has 0 fully saturated rings. The minimum atomic E-state index is -0.446. The van der Waals surface area contributed by atoms with Gasteiger partial charge in [-0.05, 0) is 42.3 Å². The molecular formula is C16H17FN2O2S. The van der Waals surface area contributed by atoms with E-state index in [2.05, 4.69) is 10.3 Å². The number of carbonyl (C=O) groups is 1. The highest BCUT2D eigenvalue weighted by Crippen LogP contribution is 2.16. The van der Waals surface area contributed by atoms with E-state index in [1.165, 1.54) is 12.1 Å². The number of aliphatic hydroxyl groups is 1. The average Bonchev–Trinajstić information content (AvgIpc) is 2.50. The Bertz CT molecular complexity index is 664. The van der Waals surface area contributed by atoms with E-state index in [1.54, 1.807) is 37.0 Å². The van der Waals surface area contributed by atoms with Crippen LogP contribution in [-0.2, 0) is 5.75 Å².